The van der Waals surface area contributed by atoms with Crippen LogP contribution in [0.3, 0.4) is 0 Å². The van der Waals surface area contributed by atoms with E-state index in [4.69, 9.17) is 16.3 Å². The van der Waals surface area contributed by atoms with Gasteiger partial charge in [0.05, 0.1) is 22.9 Å². The SMILES string of the molecule is CCOC(=O)C1(c2ccnc(Nc3ccc(Cl)c(C(F)(F)F)c3)n2)CCCCC1. The average molecular weight is 428 g/mol. The summed E-state index contributed by atoms with van der Waals surface area (Å²) < 4.78 is 44.6. The van der Waals surface area contributed by atoms with Crippen molar-refractivity contribution in [2.45, 2.75) is 50.6 Å². The average Bonchev–Trinajstić information content (AvgIpc) is 2.69. The molecular formula is C20H21ClF3N3O2. The number of hydrogen-bond acceptors (Lipinski definition) is 5. The van der Waals surface area contributed by atoms with Crippen molar-refractivity contribution in [1.82, 2.24) is 9.97 Å². The van der Waals surface area contributed by atoms with Crippen LogP contribution < -0.4 is 5.32 Å². The van der Waals surface area contributed by atoms with Gasteiger partial charge in [0.2, 0.25) is 5.95 Å². The number of carbonyl (C=O) groups excluding carboxylic acids is 1. The lowest BCUT2D eigenvalue weighted by Crippen LogP contribution is -2.40. The molecule has 1 heterocycles. The summed E-state index contributed by atoms with van der Waals surface area (Å²) in [7, 11) is 0. The molecule has 1 aliphatic carbocycles. The first-order chi connectivity index (χ1) is 13.8. The largest absolute Gasteiger partial charge is 0.465 e. The molecule has 0 radical (unpaired) electrons. The van der Waals surface area contributed by atoms with Crippen molar-refractivity contribution in [2.24, 2.45) is 0 Å². The standard InChI is InChI=1S/C20H21ClF3N3O2/c1-2-29-17(28)19(9-4-3-5-10-19)16-8-11-25-18(27-16)26-13-6-7-15(21)14(12-13)20(22,23)24/h6-8,11-12H,2-5,9-10H2,1H3,(H,25,26,27). The van der Waals surface area contributed by atoms with E-state index in [0.29, 0.717) is 18.5 Å². The third-order valence-electron chi connectivity index (χ3n) is 5.05. The van der Waals surface area contributed by atoms with E-state index in [9.17, 15) is 18.0 Å². The van der Waals surface area contributed by atoms with Crippen LogP contribution >= 0.6 is 11.6 Å². The van der Waals surface area contributed by atoms with Gasteiger partial charge in [-0.25, -0.2) is 9.97 Å². The topological polar surface area (TPSA) is 64.1 Å². The minimum atomic E-state index is -4.58. The van der Waals surface area contributed by atoms with Gasteiger partial charge in [-0.1, -0.05) is 30.9 Å². The Hall–Kier alpha value is -2.35. The highest BCUT2D eigenvalue weighted by Gasteiger charge is 2.44. The summed E-state index contributed by atoms with van der Waals surface area (Å²) in [6.45, 7) is 2.02. The van der Waals surface area contributed by atoms with E-state index in [2.05, 4.69) is 15.3 Å². The molecule has 1 aliphatic rings. The Morgan fingerprint density at radius 3 is 2.62 bits per heavy atom. The zero-order valence-electron chi connectivity index (χ0n) is 15.9. The van der Waals surface area contributed by atoms with Crippen molar-refractivity contribution in [1.29, 1.82) is 0 Å². The fourth-order valence-electron chi connectivity index (χ4n) is 3.62. The van der Waals surface area contributed by atoms with Gasteiger partial charge in [-0.15, -0.1) is 0 Å². The minimum absolute atomic E-state index is 0.104. The number of halogens is 4. The fraction of sp³-hybridized carbons (Fsp3) is 0.450. The van der Waals surface area contributed by atoms with Crippen LogP contribution in [0.25, 0.3) is 0 Å². The lowest BCUT2D eigenvalue weighted by Gasteiger charge is -2.34. The van der Waals surface area contributed by atoms with Gasteiger partial charge in [0.15, 0.2) is 0 Å². The molecule has 1 fully saturated rings. The van der Waals surface area contributed by atoms with Gasteiger partial charge in [0.1, 0.15) is 5.41 Å². The molecule has 1 aromatic heterocycles. The van der Waals surface area contributed by atoms with Crippen molar-refractivity contribution in [3.8, 4) is 0 Å². The van der Waals surface area contributed by atoms with Crippen LogP contribution in [-0.2, 0) is 21.1 Å². The number of alkyl halides is 3. The summed E-state index contributed by atoms with van der Waals surface area (Å²) in [6, 6.07) is 5.14. The second-order valence-electron chi connectivity index (χ2n) is 6.95. The molecule has 1 saturated carbocycles. The number of nitrogens with zero attached hydrogens (tertiary/aromatic N) is 2. The smallest absolute Gasteiger partial charge is 0.417 e. The molecule has 3 rings (SSSR count). The van der Waals surface area contributed by atoms with Gasteiger partial charge in [-0.3, -0.25) is 4.79 Å². The Balaban J connectivity index is 1.92. The number of ether oxygens (including phenoxy) is 1. The molecule has 0 unspecified atom stereocenters. The Labute approximate surface area is 171 Å². The van der Waals surface area contributed by atoms with E-state index in [1.54, 1.807) is 13.0 Å². The Kier molecular flexibility index (Phi) is 6.31. The van der Waals surface area contributed by atoms with Gasteiger partial charge in [-0.05, 0) is 44.0 Å². The van der Waals surface area contributed by atoms with Crippen molar-refractivity contribution in [3.63, 3.8) is 0 Å². The zero-order valence-corrected chi connectivity index (χ0v) is 16.6. The van der Waals surface area contributed by atoms with Crippen LogP contribution in [0.1, 0.15) is 50.3 Å². The molecule has 0 amide bonds. The third kappa shape index (κ3) is 4.63. The molecule has 0 saturated heterocycles. The number of benzene rings is 1. The Morgan fingerprint density at radius 2 is 1.97 bits per heavy atom. The van der Waals surface area contributed by atoms with Crippen molar-refractivity contribution in [2.75, 3.05) is 11.9 Å². The lowest BCUT2D eigenvalue weighted by atomic mass is 9.71. The second-order valence-corrected chi connectivity index (χ2v) is 7.35. The van der Waals surface area contributed by atoms with Crippen LogP contribution in [-0.4, -0.2) is 22.5 Å². The summed E-state index contributed by atoms with van der Waals surface area (Å²) in [5, 5.41) is 2.39. The molecule has 0 spiro atoms. The van der Waals surface area contributed by atoms with E-state index >= 15 is 0 Å². The third-order valence-corrected chi connectivity index (χ3v) is 5.38. The zero-order chi connectivity index (χ0) is 21.1. The van der Waals surface area contributed by atoms with E-state index in [-0.39, 0.29) is 29.2 Å². The highest BCUT2D eigenvalue weighted by atomic mass is 35.5. The molecule has 2 aromatic rings. The predicted octanol–water partition coefficient (Wildman–Crippen LogP) is 5.66. The number of rotatable bonds is 5. The van der Waals surface area contributed by atoms with Crippen molar-refractivity contribution >= 4 is 29.2 Å². The maximum Gasteiger partial charge on any atom is 0.417 e. The Morgan fingerprint density at radius 1 is 1.24 bits per heavy atom. The van der Waals surface area contributed by atoms with Gasteiger partial charge >= 0.3 is 12.1 Å². The molecule has 1 N–H and O–H groups in total. The monoisotopic (exact) mass is 427 g/mol. The van der Waals surface area contributed by atoms with E-state index in [1.807, 2.05) is 0 Å². The number of hydrogen-bond donors (Lipinski definition) is 1. The molecule has 29 heavy (non-hydrogen) atoms. The normalized spacial score (nSPS) is 16.3. The first-order valence-electron chi connectivity index (χ1n) is 9.41. The summed E-state index contributed by atoms with van der Waals surface area (Å²) in [4.78, 5) is 21.3. The second kappa shape index (κ2) is 8.57. The first-order valence-corrected chi connectivity index (χ1v) is 9.78. The molecule has 1 aromatic carbocycles. The van der Waals surface area contributed by atoms with E-state index in [0.717, 1.165) is 31.4 Å². The molecule has 9 heteroatoms. The van der Waals surface area contributed by atoms with Crippen molar-refractivity contribution in [3.05, 3.63) is 46.7 Å². The number of anilines is 2. The van der Waals surface area contributed by atoms with Crippen molar-refractivity contribution < 1.29 is 22.7 Å². The highest BCUT2D eigenvalue weighted by Crippen LogP contribution is 2.40. The maximum atomic E-state index is 13.1. The molecule has 0 bridgehead atoms. The number of esters is 1. The Bertz CT molecular complexity index is 884. The summed E-state index contributed by atoms with van der Waals surface area (Å²) in [5.41, 5.74) is -1.15. The lowest BCUT2D eigenvalue weighted by molar-refractivity contribution is -0.151. The van der Waals surface area contributed by atoms with Crippen LogP contribution in [0.4, 0.5) is 24.8 Å². The minimum Gasteiger partial charge on any atom is -0.465 e. The van der Waals surface area contributed by atoms with Gasteiger partial charge in [0.25, 0.3) is 0 Å². The highest BCUT2D eigenvalue weighted by molar-refractivity contribution is 6.31. The van der Waals surface area contributed by atoms with Gasteiger partial charge in [-0.2, -0.15) is 13.2 Å². The molecule has 156 valence electrons. The molecular weight excluding hydrogens is 407 g/mol. The summed E-state index contributed by atoms with van der Waals surface area (Å²) in [5.74, 6) is -0.220. The predicted molar refractivity (Wildman–Crippen MR) is 103 cm³/mol. The van der Waals surface area contributed by atoms with Crippen LogP contribution in [0.15, 0.2) is 30.5 Å². The maximum absolute atomic E-state index is 13.1. The number of aromatic nitrogens is 2. The van der Waals surface area contributed by atoms with Gasteiger partial charge in [0, 0.05) is 11.9 Å². The molecule has 0 aliphatic heterocycles. The first kappa shape index (κ1) is 21.4. The fourth-order valence-corrected chi connectivity index (χ4v) is 3.85. The number of nitrogens with one attached hydrogen (secondary N) is 1. The number of carbonyl (C=O) groups is 1. The van der Waals surface area contributed by atoms with Crippen LogP contribution in [0, 0.1) is 0 Å². The summed E-state index contributed by atoms with van der Waals surface area (Å²) >= 11 is 5.66. The van der Waals surface area contributed by atoms with Crippen LogP contribution in [0.5, 0.6) is 0 Å². The van der Waals surface area contributed by atoms with E-state index in [1.165, 1.54) is 12.3 Å². The van der Waals surface area contributed by atoms with Gasteiger partial charge < -0.3 is 10.1 Å². The molecule has 0 atom stereocenters. The quantitative estimate of drug-likeness (QED) is 0.624. The summed E-state index contributed by atoms with van der Waals surface area (Å²) in [6.07, 6.45) is 0.912. The van der Waals surface area contributed by atoms with E-state index < -0.39 is 17.2 Å². The molecule has 5 nitrogen and oxygen atoms in total. The van der Waals surface area contributed by atoms with Crippen LogP contribution in [0.2, 0.25) is 5.02 Å².